The Labute approximate surface area is 88.1 Å². The molecule has 0 saturated heterocycles. The molecule has 0 bridgehead atoms. The first kappa shape index (κ1) is 14.7. The molecule has 0 heterocycles. The molecule has 0 spiro atoms. The minimum atomic E-state index is -4.15. The zero-order valence-corrected chi connectivity index (χ0v) is 9.27. The Morgan fingerprint density at radius 2 is 1.87 bits per heavy atom. The molecular weight excluding hydrogens is 209 g/mol. The highest BCUT2D eigenvalue weighted by atomic mass is 19.4. The topological polar surface area (TPSA) is 47.3 Å². The van der Waals surface area contributed by atoms with Crippen molar-refractivity contribution >= 4 is 0 Å². The third kappa shape index (κ3) is 5.96. The van der Waals surface area contributed by atoms with E-state index in [9.17, 15) is 13.2 Å². The van der Waals surface area contributed by atoms with Crippen LogP contribution in [0, 0.1) is 5.92 Å². The van der Waals surface area contributed by atoms with Gasteiger partial charge < -0.3 is 4.74 Å². The SMILES string of the molecule is COC(C(C)C)C(CCC(F)(F)F)NN. The minimum Gasteiger partial charge on any atom is -0.380 e. The Balaban J connectivity index is 4.22. The summed E-state index contributed by atoms with van der Waals surface area (Å²) < 4.78 is 41.2. The van der Waals surface area contributed by atoms with Gasteiger partial charge in [0.25, 0.3) is 0 Å². The van der Waals surface area contributed by atoms with Crippen molar-refractivity contribution < 1.29 is 17.9 Å². The second-order valence-corrected chi connectivity index (χ2v) is 3.87. The van der Waals surface area contributed by atoms with Gasteiger partial charge in [-0.15, -0.1) is 0 Å². The van der Waals surface area contributed by atoms with Crippen LogP contribution >= 0.6 is 0 Å². The molecule has 0 aliphatic heterocycles. The maximum Gasteiger partial charge on any atom is 0.389 e. The molecule has 0 amide bonds. The number of hydrogen-bond donors (Lipinski definition) is 2. The maximum absolute atomic E-state index is 12.0. The number of rotatable bonds is 6. The Morgan fingerprint density at radius 3 is 2.13 bits per heavy atom. The van der Waals surface area contributed by atoms with Gasteiger partial charge in [-0.3, -0.25) is 11.3 Å². The van der Waals surface area contributed by atoms with Crippen LogP contribution in [0.15, 0.2) is 0 Å². The molecule has 0 aromatic heterocycles. The molecule has 2 atom stereocenters. The molecule has 0 aromatic rings. The lowest BCUT2D eigenvalue weighted by molar-refractivity contribution is -0.138. The van der Waals surface area contributed by atoms with Crippen molar-refractivity contribution in [3.8, 4) is 0 Å². The summed E-state index contributed by atoms with van der Waals surface area (Å²) in [6.45, 7) is 3.76. The standard InChI is InChI=1S/C9H19F3N2O/c1-6(2)8(15-3)7(14-13)4-5-9(10,11)12/h6-8,14H,4-5,13H2,1-3H3. The largest absolute Gasteiger partial charge is 0.389 e. The minimum absolute atomic E-state index is 0.0727. The zero-order chi connectivity index (χ0) is 12.1. The second kappa shape index (κ2) is 6.30. The zero-order valence-electron chi connectivity index (χ0n) is 9.27. The summed E-state index contributed by atoms with van der Waals surface area (Å²) >= 11 is 0. The first-order chi connectivity index (χ1) is 6.81. The van der Waals surface area contributed by atoms with Gasteiger partial charge in [-0.25, -0.2) is 0 Å². The van der Waals surface area contributed by atoms with Crippen LogP contribution in [0.25, 0.3) is 0 Å². The highest BCUT2D eigenvalue weighted by molar-refractivity contribution is 4.78. The summed E-state index contributed by atoms with van der Waals surface area (Å²) in [6.07, 6.45) is -5.38. The van der Waals surface area contributed by atoms with Crippen LogP contribution in [0.1, 0.15) is 26.7 Å². The molecular formula is C9H19F3N2O. The Morgan fingerprint density at radius 1 is 1.33 bits per heavy atom. The van der Waals surface area contributed by atoms with Crippen LogP contribution < -0.4 is 11.3 Å². The molecule has 0 aliphatic rings. The van der Waals surface area contributed by atoms with Crippen LogP contribution in [0.2, 0.25) is 0 Å². The molecule has 0 saturated carbocycles. The lowest BCUT2D eigenvalue weighted by atomic mass is 9.96. The quantitative estimate of drug-likeness (QED) is 0.538. The third-order valence-corrected chi connectivity index (χ3v) is 2.28. The van der Waals surface area contributed by atoms with Gasteiger partial charge in [0, 0.05) is 19.6 Å². The van der Waals surface area contributed by atoms with Crippen LogP contribution in [0.3, 0.4) is 0 Å². The Kier molecular flexibility index (Phi) is 6.16. The molecule has 2 unspecified atom stereocenters. The van der Waals surface area contributed by atoms with Crippen LogP contribution in [0.4, 0.5) is 13.2 Å². The van der Waals surface area contributed by atoms with E-state index in [1.807, 2.05) is 13.8 Å². The highest BCUT2D eigenvalue weighted by Gasteiger charge is 2.31. The van der Waals surface area contributed by atoms with E-state index in [2.05, 4.69) is 5.43 Å². The summed E-state index contributed by atoms with van der Waals surface area (Å²) in [7, 11) is 1.47. The molecule has 0 fully saturated rings. The lowest BCUT2D eigenvalue weighted by Crippen LogP contribution is -2.47. The van der Waals surface area contributed by atoms with Gasteiger partial charge in [0.05, 0.1) is 6.10 Å². The first-order valence-electron chi connectivity index (χ1n) is 4.87. The van der Waals surface area contributed by atoms with Crippen molar-refractivity contribution in [3.05, 3.63) is 0 Å². The van der Waals surface area contributed by atoms with Gasteiger partial charge >= 0.3 is 6.18 Å². The van der Waals surface area contributed by atoms with E-state index in [1.165, 1.54) is 7.11 Å². The summed E-state index contributed by atoms with van der Waals surface area (Å²) in [5.74, 6) is 5.33. The van der Waals surface area contributed by atoms with Crippen molar-refractivity contribution in [2.75, 3.05) is 7.11 Å². The van der Waals surface area contributed by atoms with Crippen LogP contribution in [-0.4, -0.2) is 25.4 Å². The summed E-state index contributed by atoms with van der Waals surface area (Å²) in [5.41, 5.74) is 2.38. The number of nitrogens with two attached hydrogens (primary N) is 1. The fraction of sp³-hybridized carbons (Fsp3) is 1.00. The number of nitrogens with one attached hydrogen (secondary N) is 1. The van der Waals surface area contributed by atoms with E-state index in [0.717, 1.165) is 0 Å². The number of ether oxygens (including phenoxy) is 1. The van der Waals surface area contributed by atoms with Gasteiger partial charge in [0.2, 0.25) is 0 Å². The fourth-order valence-electron chi connectivity index (χ4n) is 1.56. The van der Waals surface area contributed by atoms with E-state index in [0.29, 0.717) is 0 Å². The number of methoxy groups -OCH3 is 1. The first-order valence-corrected chi connectivity index (χ1v) is 4.87. The van der Waals surface area contributed by atoms with Gasteiger partial charge in [-0.2, -0.15) is 13.2 Å². The molecule has 3 N–H and O–H groups in total. The smallest absolute Gasteiger partial charge is 0.380 e. The number of alkyl halides is 3. The van der Waals surface area contributed by atoms with Crippen LogP contribution in [-0.2, 0) is 4.74 Å². The monoisotopic (exact) mass is 228 g/mol. The van der Waals surface area contributed by atoms with Crippen molar-refractivity contribution in [2.24, 2.45) is 11.8 Å². The fourth-order valence-corrected chi connectivity index (χ4v) is 1.56. The van der Waals surface area contributed by atoms with E-state index < -0.39 is 18.6 Å². The number of halogens is 3. The summed E-state index contributed by atoms with van der Waals surface area (Å²) in [4.78, 5) is 0. The highest BCUT2D eigenvalue weighted by Crippen LogP contribution is 2.24. The molecule has 15 heavy (non-hydrogen) atoms. The van der Waals surface area contributed by atoms with E-state index in [1.54, 1.807) is 0 Å². The average molecular weight is 228 g/mol. The van der Waals surface area contributed by atoms with Gasteiger partial charge in [0.15, 0.2) is 0 Å². The van der Waals surface area contributed by atoms with Gasteiger partial charge in [-0.1, -0.05) is 13.8 Å². The van der Waals surface area contributed by atoms with E-state index >= 15 is 0 Å². The normalized spacial score (nSPS) is 16.8. The predicted octanol–water partition coefficient (Wildman–Crippen LogP) is 1.83. The number of hydrazine groups is 1. The molecule has 3 nitrogen and oxygen atoms in total. The number of hydrogen-bond acceptors (Lipinski definition) is 3. The van der Waals surface area contributed by atoms with E-state index in [-0.39, 0.29) is 18.4 Å². The molecule has 92 valence electrons. The summed E-state index contributed by atoms with van der Waals surface area (Å²) in [5, 5.41) is 0. The average Bonchev–Trinajstić information content (AvgIpc) is 2.09. The molecule has 6 heteroatoms. The maximum atomic E-state index is 12.0. The van der Waals surface area contributed by atoms with Crippen molar-refractivity contribution in [1.82, 2.24) is 5.43 Å². The van der Waals surface area contributed by atoms with Gasteiger partial charge in [0.1, 0.15) is 0 Å². The molecule has 0 aliphatic carbocycles. The second-order valence-electron chi connectivity index (χ2n) is 3.87. The Bertz CT molecular complexity index is 173. The van der Waals surface area contributed by atoms with Crippen LogP contribution in [0.5, 0.6) is 0 Å². The molecule has 0 rings (SSSR count). The summed E-state index contributed by atoms with van der Waals surface area (Å²) in [6, 6.07) is -0.475. The van der Waals surface area contributed by atoms with Crippen molar-refractivity contribution in [3.63, 3.8) is 0 Å². The van der Waals surface area contributed by atoms with Gasteiger partial charge in [-0.05, 0) is 12.3 Å². The molecule has 0 aromatic carbocycles. The molecule has 0 radical (unpaired) electrons. The van der Waals surface area contributed by atoms with Crippen molar-refractivity contribution in [1.29, 1.82) is 0 Å². The van der Waals surface area contributed by atoms with Crippen molar-refractivity contribution in [2.45, 2.75) is 45.0 Å². The lowest BCUT2D eigenvalue weighted by Gasteiger charge is -2.28. The predicted molar refractivity (Wildman–Crippen MR) is 52.0 cm³/mol. The Hall–Kier alpha value is -0.330. The van der Waals surface area contributed by atoms with E-state index in [4.69, 9.17) is 10.6 Å². The third-order valence-electron chi connectivity index (χ3n) is 2.28.